The quantitative estimate of drug-likeness (QED) is 0.166. The Morgan fingerprint density at radius 1 is 0.645 bits per heavy atom. The molecule has 0 atom stereocenters. The fourth-order valence-corrected chi connectivity index (χ4v) is 8.47. The van der Waals surface area contributed by atoms with E-state index in [1.54, 1.807) is 0 Å². The molecule has 2 aromatic rings. The van der Waals surface area contributed by atoms with E-state index in [2.05, 4.69) is 160 Å². The van der Waals surface area contributed by atoms with Crippen LogP contribution in [0.4, 0.5) is 0 Å². The largest absolute Gasteiger partial charge is 0.134 e. The average molecular weight is 810 g/mol. The van der Waals surface area contributed by atoms with Crippen molar-refractivity contribution >= 4 is 95.6 Å². The molecule has 0 spiro atoms. The Labute approximate surface area is 238 Å². The van der Waals surface area contributed by atoms with Crippen LogP contribution in [0, 0.1) is 27.7 Å². The molecule has 0 aliphatic heterocycles. The van der Waals surface area contributed by atoms with Gasteiger partial charge < -0.3 is 0 Å². The molecule has 0 amide bonds. The monoisotopic (exact) mass is 804 g/mol. The van der Waals surface area contributed by atoms with Crippen molar-refractivity contribution in [1.82, 2.24) is 0 Å². The van der Waals surface area contributed by atoms with Crippen LogP contribution >= 0.6 is 95.6 Å². The van der Waals surface area contributed by atoms with Gasteiger partial charge in [0.25, 0.3) is 0 Å². The first-order chi connectivity index (χ1) is 14.3. The molecule has 0 unspecified atom stereocenters. The zero-order valence-electron chi connectivity index (χ0n) is 18.5. The van der Waals surface area contributed by atoms with Crippen molar-refractivity contribution < 1.29 is 0 Å². The Kier molecular flexibility index (Phi) is 10.9. The molecule has 0 bridgehead atoms. The molecule has 0 saturated heterocycles. The van der Waals surface area contributed by atoms with Crippen molar-refractivity contribution in [3.63, 3.8) is 0 Å². The molecule has 0 aliphatic rings. The second-order valence-corrected chi connectivity index (χ2v) is 19.2. The fourth-order valence-electron chi connectivity index (χ4n) is 3.86. The van der Waals surface area contributed by atoms with Crippen molar-refractivity contribution in [2.75, 3.05) is 0 Å². The molecule has 172 valence electrons. The first-order valence-corrected chi connectivity index (χ1v) is 15.3. The van der Waals surface area contributed by atoms with Gasteiger partial charge in [-0.15, -0.1) is 0 Å². The lowest BCUT2D eigenvalue weighted by Gasteiger charge is -2.44. The molecule has 0 aromatic heterocycles. The highest BCUT2D eigenvalue weighted by molar-refractivity contribution is 9.32. The van der Waals surface area contributed by atoms with Gasteiger partial charge in [-0.3, -0.25) is 0 Å². The van der Waals surface area contributed by atoms with Gasteiger partial charge in [-0.2, -0.15) is 0 Å². The van der Waals surface area contributed by atoms with Gasteiger partial charge in [0.15, 0.2) is 0 Å². The van der Waals surface area contributed by atoms with Crippen molar-refractivity contribution in [3.8, 4) is 0 Å². The first-order valence-electron chi connectivity index (χ1n) is 10.6. The van der Waals surface area contributed by atoms with Crippen LogP contribution in [0.25, 0.3) is 0 Å². The van der Waals surface area contributed by atoms with Crippen LogP contribution in [-0.2, 0) is 9.65 Å². The second-order valence-electron chi connectivity index (χ2n) is 8.52. The Hall–Kier alpha value is 1.32. The van der Waals surface area contributed by atoms with Gasteiger partial charge in [0.05, 0.1) is 0 Å². The molecular formula is C25H30Br6. The minimum absolute atomic E-state index is 0.356. The number of benzene rings is 2. The number of halogens is 6. The summed E-state index contributed by atoms with van der Waals surface area (Å²) in [6.07, 6.45) is 6.95. The van der Waals surface area contributed by atoms with E-state index in [-0.39, 0.29) is 3.23 Å². The summed E-state index contributed by atoms with van der Waals surface area (Å²) in [6.45, 7) is 8.65. The fraction of sp³-hybridized carbons (Fsp3) is 0.520. The number of hydrogen-bond acceptors (Lipinski definition) is 0. The second kappa shape index (κ2) is 11.8. The summed E-state index contributed by atoms with van der Waals surface area (Å²) in [5.41, 5.74) is 7.92. The van der Waals surface area contributed by atoms with E-state index < -0.39 is 6.47 Å². The third kappa shape index (κ3) is 7.16. The number of unbranched alkanes of at least 4 members (excludes halogenated alkanes) is 3. The van der Waals surface area contributed by atoms with E-state index >= 15 is 0 Å². The van der Waals surface area contributed by atoms with Gasteiger partial charge in [-0.05, 0) is 69.2 Å². The standard InChI is InChI=1S/C25H30Br6/c1-17-10-12-21(19(3)15-17)9-7-5-6-8-14-23(26,27)25(30,31)24(28,29)22-13-11-18(2)16-20(22)4/h10-13,15-16H,5-9,14H2,1-4H3. The van der Waals surface area contributed by atoms with E-state index in [4.69, 9.17) is 0 Å². The van der Waals surface area contributed by atoms with Crippen molar-refractivity contribution in [1.29, 1.82) is 0 Å². The zero-order chi connectivity index (χ0) is 23.4. The Morgan fingerprint density at radius 2 is 1.19 bits per heavy atom. The number of aryl methyl sites for hydroxylation is 5. The summed E-state index contributed by atoms with van der Waals surface area (Å²) in [6, 6.07) is 13.3. The molecular weight excluding hydrogens is 780 g/mol. The smallest absolute Gasteiger partial charge is 0.0701 e. The summed E-state index contributed by atoms with van der Waals surface area (Å²) in [7, 11) is 0. The Bertz CT molecular complexity index is 886. The van der Waals surface area contributed by atoms with Gasteiger partial charge in [-0.1, -0.05) is 162 Å². The number of rotatable bonds is 10. The average Bonchev–Trinajstić information content (AvgIpc) is 2.65. The van der Waals surface area contributed by atoms with Crippen LogP contribution in [0.3, 0.4) is 0 Å². The summed E-state index contributed by atoms with van der Waals surface area (Å²) in [5.74, 6) is 0. The summed E-state index contributed by atoms with van der Waals surface area (Å²) in [5, 5.41) is 0. The van der Waals surface area contributed by atoms with Gasteiger partial charge >= 0.3 is 0 Å². The van der Waals surface area contributed by atoms with Crippen LogP contribution in [-0.4, -0.2) is 6.47 Å². The van der Waals surface area contributed by atoms with Gasteiger partial charge in [-0.25, -0.2) is 0 Å². The molecule has 0 nitrogen and oxygen atoms in total. The maximum atomic E-state index is 3.97. The topological polar surface area (TPSA) is 0 Å². The van der Waals surface area contributed by atoms with E-state index in [1.807, 2.05) is 0 Å². The van der Waals surface area contributed by atoms with Crippen LogP contribution in [0.2, 0.25) is 0 Å². The SMILES string of the molecule is Cc1ccc(CCCCCCC(Br)(Br)C(Br)(Br)C(Br)(Br)c2ccc(C)cc2C)c(C)c1. The molecule has 6 heteroatoms. The van der Waals surface area contributed by atoms with Crippen LogP contribution < -0.4 is 0 Å². The molecule has 0 saturated carbocycles. The van der Waals surface area contributed by atoms with Crippen molar-refractivity contribution in [2.45, 2.75) is 75.9 Å². The van der Waals surface area contributed by atoms with E-state index in [1.165, 1.54) is 59.1 Å². The normalized spacial score (nSPS) is 13.0. The summed E-state index contributed by atoms with van der Waals surface area (Å²) in [4.78, 5) is 0. The van der Waals surface area contributed by atoms with Gasteiger partial charge in [0, 0.05) is 0 Å². The maximum absolute atomic E-state index is 3.97. The molecule has 0 heterocycles. The number of hydrogen-bond donors (Lipinski definition) is 0. The lowest BCUT2D eigenvalue weighted by atomic mass is 9.98. The van der Waals surface area contributed by atoms with Crippen LogP contribution in [0.5, 0.6) is 0 Å². The first kappa shape index (κ1) is 28.6. The molecule has 0 radical (unpaired) electrons. The van der Waals surface area contributed by atoms with Gasteiger partial charge in [0.2, 0.25) is 0 Å². The van der Waals surface area contributed by atoms with Crippen LogP contribution in [0.15, 0.2) is 36.4 Å². The van der Waals surface area contributed by atoms with Gasteiger partial charge in [0.1, 0.15) is 9.70 Å². The van der Waals surface area contributed by atoms with Crippen molar-refractivity contribution in [3.05, 3.63) is 69.8 Å². The Balaban J connectivity index is 1.92. The predicted molar refractivity (Wildman–Crippen MR) is 159 cm³/mol. The molecule has 2 rings (SSSR count). The maximum Gasteiger partial charge on any atom is 0.134 e. The van der Waals surface area contributed by atoms with Crippen molar-refractivity contribution in [2.24, 2.45) is 0 Å². The van der Waals surface area contributed by atoms with E-state index in [0.29, 0.717) is 0 Å². The molecule has 0 fully saturated rings. The summed E-state index contributed by atoms with van der Waals surface area (Å²) >= 11 is 23.8. The minimum atomic E-state index is -0.515. The minimum Gasteiger partial charge on any atom is -0.0701 e. The molecule has 0 N–H and O–H groups in total. The highest BCUT2D eigenvalue weighted by Crippen LogP contribution is 2.65. The van der Waals surface area contributed by atoms with E-state index in [0.717, 1.165) is 12.8 Å². The zero-order valence-corrected chi connectivity index (χ0v) is 28.0. The third-order valence-electron chi connectivity index (χ3n) is 5.76. The molecule has 31 heavy (non-hydrogen) atoms. The Morgan fingerprint density at radius 3 is 1.77 bits per heavy atom. The highest BCUT2D eigenvalue weighted by atomic mass is 79.9. The van der Waals surface area contributed by atoms with Crippen LogP contribution in [0.1, 0.15) is 65.5 Å². The summed E-state index contributed by atoms with van der Waals surface area (Å²) < 4.78 is -1.38. The third-order valence-corrected chi connectivity index (χ3v) is 16.6. The number of alkyl halides is 6. The molecule has 2 aromatic carbocycles. The highest BCUT2D eigenvalue weighted by Gasteiger charge is 2.58. The lowest BCUT2D eigenvalue weighted by Crippen LogP contribution is -2.46. The van der Waals surface area contributed by atoms with E-state index in [9.17, 15) is 0 Å². The molecule has 0 aliphatic carbocycles. The predicted octanol–water partition coefficient (Wildman–Crippen LogP) is 11.0. The lowest BCUT2D eigenvalue weighted by molar-refractivity contribution is 0.569.